The number of hydrogen-bond acceptors (Lipinski definition) is 7. The standard InChI is InChI=1S/C23H28N4O4S2/c1-16(2)27(15-21-24-22(25-31-21)20-7-5-13-32-20)23(28)18-6-4-12-26(14-18)33(29,30)19-10-8-17(3)9-11-19/h5,7-11,13,16,18H,4,6,12,14-15H2,1-3H3/t18-/m1/s1. The summed E-state index contributed by atoms with van der Waals surface area (Å²) >= 11 is 1.52. The van der Waals surface area contributed by atoms with Crippen LogP contribution in [0.2, 0.25) is 0 Å². The average Bonchev–Trinajstić information content (AvgIpc) is 3.49. The van der Waals surface area contributed by atoms with Crippen molar-refractivity contribution in [2.45, 2.75) is 51.1 Å². The molecule has 1 aliphatic rings. The van der Waals surface area contributed by atoms with E-state index in [1.54, 1.807) is 29.2 Å². The highest BCUT2D eigenvalue weighted by molar-refractivity contribution is 7.89. The number of carbonyl (C=O) groups is 1. The van der Waals surface area contributed by atoms with Gasteiger partial charge in [-0.25, -0.2) is 8.42 Å². The second kappa shape index (κ2) is 9.74. The van der Waals surface area contributed by atoms with Crippen LogP contribution >= 0.6 is 11.3 Å². The summed E-state index contributed by atoms with van der Waals surface area (Å²) in [4.78, 5) is 20.7. The summed E-state index contributed by atoms with van der Waals surface area (Å²) in [7, 11) is -3.65. The molecule has 1 aliphatic heterocycles. The highest BCUT2D eigenvalue weighted by Crippen LogP contribution is 2.27. The third-order valence-corrected chi connectivity index (χ3v) is 8.56. The highest BCUT2D eigenvalue weighted by atomic mass is 32.2. The molecule has 0 unspecified atom stereocenters. The molecule has 0 aliphatic carbocycles. The normalized spacial score (nSPS) is 17.4. The van der Waals surface area contributed by atoms with Gasteiger partial charge in [-0.1, -0.05) is 28.9 Å². The van der Waals surface area contributed by atoms with Crippen molar-refractivity contribution in [3.8, 4) is 10.7 Å². The first-order valence-corrected chi connectivity index (χ1v) is 13.3. The molecular weight excluding hydrogens is 460 g/mol. The fourth-order valence-corrected chi connectivity index (χ4v) is 6.11. The van der Waals surface area contributed by atoms with Gasteiger partial charge in [-0.2, -0.15) is 9.29 Å². The summed E-state index contributed by atoms with van der Waals surface area (Å²) in [6, 6.07) is 10.5. The van der Waals surface area contributed by atoms with Gasteiger partial charge in [-0.15, -0.1) is 11.3 Å². The molecule has 0 bridgehead atoms. The predicted octanol–water partition coefficient (Wildman–Crippen LogP) is 3.94. The molecule has 1 fully saturated rings. The lowest BCUT2D eigenvalue weighted by Crippen LogP contribution is -2.48. The van der Waals surface area contributed by atoms with Crippen molar-refractivity contribution in [1.29, 1.82) is 0 Å². The fourth-order valence-electron chi connectivity index (χ4n) is 3.94. The lowest BCUT2D eigenvalue weighted by Gasteiger charge is -2.35. The number of benzene rings is 1. The molecule has 3 aromatic rings. The summed E-state index contributed by atoms with van der Waals surface area (Å²) < 4.78 is 33.1. The molecule has 1 atom stereocenters. The highest BCUT2D eigenvalue weighted by Gasteiger charge is 2.36. The number of hydrogen-bond donors (Lipinski definition) is 0. The van der Waals surface area contributed by atoms with E-state index in [-0.39, 0.29) is 29.9 Å². The van der Waals surface area contributed by atoms with E-state index in [0.29, 0.717) is 31.1 Å². The van der Waals surface area contributed by atoms with Crippen LogP contribution in [0.15, 0.2) is 51.2 Å². The van der Waals surface area contributed by atoms with Gasteiger partial charge in [0, 0.05) is 19.1 Å². The molecule has 4 rings (SSSR count). The molecule has 1 saturated heterocycles. The smallest absolute Gasteiger partial charge is 0.246 e. The zero-order valence-electron chi connectivity index (χ0n) is 19.0. The van der Waals surface area contributed by atoms with E-state index in [4.69, 9.17) is 4.52 Å². The number of rotatable bonds is 7. The number of aryl methyl sites for hydroxylation is 1. The summed E-state index contributed by atoms with van der Waals surface area (Å²) in [5.41, 5.74) is 0.997. The van der Waals surface area contributed by atoms with Gasteiger partial charge in [0.25, 0.3) is 0 Å². The van der Waals surface area contributed by atoms with Crippen LogP contribution in [0, 0.1) is 12.8 Å². The molecule has 0 saturated carbocycles. The first-order valence-electron chi connectivity index (χ1n) is 11.0. The Morgan fingerprint density at radius 1 is 1.27 bits per heavy atom. The minimum Gasteiger partial charge on any atom is -0.337 e. The first kappa shape index (κ1) is 23.6. The molecule has 0 radical (unpaired) electrons. The Kier molecular flexibility index (Phi) is 6.96. The van der Waals surface area contributed by atoms with Crippen molar-refractivity contribution < 1.29 is 17.7 Å². The minimum atomic E-state index is -3.65. The van der Waals surface area contributed by atoms with Crippen molar-refractivity contribution in [3.05, 3.63) is 53.2 Å². The second-order valence-electron chi connectivity index (χ2n) is 8.56. The van der Waals surface area contributed by atoms with Gasteiger partial charge in [-0.3, -0.25) is 4.79 Å². The van der Waals surface area contributed by atoms with Gasteiger partial charge in [-0.05, 0) is 57.2 Å². The zero-order chi connectivity index (χ0) is 23.6. The monoisotopic (exact) mass is 488 g/mol. The number of nitrogens with zero attached hydrogens (tertiary/aromatic N) is 4. The minimum absolute atomic E-state index is 0.0929. The third-order valence-electron chi connectivity index (χ3n) is 5.81. The summed E-state index contributed by atoms with van der Waals surface area (Å²) in [5.74, 6) is 0.357. The maximum Gasteiger partial charge on any atom is 0.246 e. The largest absolute Gasteiger partial charge is 0.337 e. The summed E-state index contributed by atoms with van der Waals surface area (Å²) in [6.07, 6.45) is 1.28. The van der Waals surface area contributed by atoms with Crippen molar-refractivity contribution in [1.82, 2.24) is 19.3 Å². The van der Waals surface area contributed by atoms with E-state index >= 15 is 0 Å². The van der Waals surface area contributed by atoms with E-state index in [9.17, 15) is 13.2 Å². The predicted molar refractivity (Wildman–Crippen MR) is 126 cm³/mol. The molecule has 33 heavy (non-hydrogen) atoms. The molecule has 0 spiro atoms. The maximum atomic E-state index is 13.4. The van der Waals surface area contributed by atoms with Crippen LogP contribution in [0.4, 0.5) is 0 Å². The van der Waals surface area contributed by atoms with Gasteiger partial charge in [0.2, 0.25) is 27.6 Å². The van der Waals surface area contributed by atoms with Crippen LogP contribution < -0.4 is 0 Å². The lowest BCUT2D eigenvalue weighted by molar-refractivity contribution is -0.139. The molecule has 0 N–H and O–H groups in total. The molecule has 1 amide bonds. The van der Waals surface area contributed by atoms with E-state index < -0.39 is 15.9 Å². The van der Waals surface area contributed by atoms with Gasteiger partial charge in [0.05, 0.1) is 15.7 Å². The van der Waals surface area contributed by atoms with Gasteiger partial charge < -0.3 is 9.42 Å². The Morgan fingerprint density at radius 3 is 2.70 bits per heavy atom. The number of amides is 1. The van der Waals surface area contributed by atoms with E-state index in [0.717, 1.165) is 10.4 Å². The lowest BCUT2D eigenvalue weighted by atomic mass is 9.97. The van der Waals surface area contributed by atoms with E-state index in [1.165, 1.54) is 15.6 Å². The van der Waals surface area contributed by atoms with Crippen LogP contribution in [0.1, 0.15) is 38.1 Å². The van der Waals surface area contributed by atoms with Crippen molar-refractivity contribution in [3.63, 3.8) is 0 Å². The number of aromatic nitrogens is 2. The third kappa shape index (κ3) is 5.18. The quantitative estimate of drug-likeness (QED) is 0.500. The number of piperidine rings is 1. The van der Waals surface area contributed by atoms with Crippen molar-refractivity contribution in [2.75, 3.05) is 13.1 Å². The molecule has 10 heteroatoms. The molecule has 176 valence electrons. The van der Waals surface area contributed by atoms with E-state index in [2.05, 4.69) is 10.1 Å². The van der Waals surface area contributed by atoms with Gasteiger partial charge in [0.1, 0.15) is 6.54 Å². The van der Waals surface area contributed by atoms with Gasteiger partial charge in [0.15, 0.2) is 0 Å². The molecule has 3 heterocycles. The Morgan fingerprint density at radius 2 is 2.03 bits per heavy atom. The Hall–Kier alpha value is -2.56. The summed E-state index contributed by atoms with van der Waals surface area (Å²) in [5, 5.41) is 5.97. The fraction of sp³-hybridized carbons (Fsp3) is 0.435. The van der Waals surface area contributed by atoms with Crippen LogP contribution in [-0.2, 0) is 21.4 Å². The molecule has 2 aromatic heterocycles. The Bertz CT molecular complexity index is 1190. The average molecular weight is 489 g/mol. The van der Waals surface area contributed by atoms with Crippen LogP contribution in [-0.4, -0.2) is 52.8 Å². The van der Waals surface area contributed by atoms with E-state index in [1.807, 2.05) is 38.3 Å². The number of carbonyl (C=O) groups excluding carboxylic acids is 1. The second-order valence-corrected chi connectivity index (χ2v) is 11.4. The maximum absolute atomic E-state index is 13.4. The topological polar surface area (TPSA) is 96.6 Å². The molecule has 1 aromatic carbocycles. The Labute approximate surface area is 198 Å². The first-order chi connectivity index (χ1) is 15.8. The number of thiophene rings is 1. The van der Waals surface area contributed by atoms with Crippen LogP contribution in [0.25, 0.3) is 10.7 Å². The van der Waals surface area contributed by atoms with Crippen LogP contribution in [0.3, 0.4) is 0 Å². The van der Waals surface area contributed by atoms with Crippen LogP contribution in [0.5, 0.6) is 0 Å². The summed E-state index contributed by atoms with van der Waals surface area (Å²) in [6.45, 7) is 6.55. The zero-order valence-corrected chi connectivity index (χ0v) is 20.6. The SMILES string of the molecule is Cc1ccc(S(=O)(=O)N2CCC[C@@H](C(=O)N(Cc3nc(-c4cccs4)no3)C(C)C)C2)cc1. The Balaban J connectivity index is 1.48. The van der Waals surface area contributed by atoms with Crippen molar-refractivity contribution in [2.24, 2.45) is 5.92 Å². The van der Waals surface area contributed by atoms with Gasteiger partial charge >= 0.3 is 0 Å². The van der Waals surface area contributed by atoms with Crippen molar-refractivity contribution >= 4 is 27.3 Å². The number of sulfonamides is 1. The molecule has 8 nitrogen and oxygen atoms in total. The molecular formula is C23H28N4O4S2.